The summed E-state index contributed by atoms with van der Waals surface area (Å²) in [5, 5.41) is 4.28. The Kier molecular flexibility index (Phi) is 3.63. The van der Waals surface area contributed by atoms with Crippen molar-refractivity contribution in [2.45, 2.75) is 19.9 Å². The molecule has 2 aromatic heterocycles. The van der Waals surface area contributed by atoms with Gasteiger partial charge >= 0.3 is 0 Å². The van der Waals surface area contributed by atoms with E-state index < -0.39 is 0 Å². The van der Waals surface area contributed by atoms with Crippen molar-refractivity contribution in [3.8, 4) is 0 Å². The van der Waals surface area contributed by atoms with Crippen LogP contribution in [0.5, 0.6) is 0 Å². The molecule has 0 aliphatic rings. The van der Waals surface area contributed by atoms with E-state index in [1.54, 1.807) is 24.0 Å². The van der Waals surface area contributed by atoms with Gasteiger partial charge in [0.2, 0.25) is 0 Å². The molecule has 0 saturated carbocycles. The molecule has 0 fully saturated rings. The van der Waals surface area contributed by atoms with Crippen LogP contribution in [-0.4, -0.2) is 30.2 Å². The van der Waals surface area contributed by atoms with Crippen molar-refractivity contribution in [1.82, 2.24) is 24.3 Å². The molecular weight excluding hydrogens is 293 g/mol. The molecule has 0 N–H and O–H groups in total. The molecule has 0 amide bonds. The summed E-state index contributed by atoms with van der Waals surface area (Å²) < 4.78 is 17.4. The zero-order chi connectivity index (χ0) is 15.0. The number of imidazole rings is 1. The fourth-order valence-corrected chi connectivity index (χ4v) is 2.52. The van der Waals surface area contributed by atoms with Crippen LogP contribution in [0.15, 0.2) is 18.5 Å². The Morgan fingerprint density at radius 3 is 2.81 bits per heavy atom. The molecular formula is C14H15ClFN5. The van der Waals surface area contributed by atoms with Gasteiger partial charge in [0.05, 0.1) is 17.6 Å². The molecule has 0 spiro atoms. The van der Waals surface area contributed by atoms with Gasteiger partial charge in [0.15, 0.2) is 5.82 Å². The lowest BCUT2D eigenvalue weighted by Gasteiger charge is -2.06. The number of nitrogens with zero attached hydrogens (tertiary/aromatic N) is 5. The minimum absolute atomic E-state index is 0.250. The van der Waals surface area contributed by atoms with E-state index in [9.17, 15) is 4.39 Å². The van der Waals surface area contributed by atoms with E-state index in [1.807, 2.05) is 11.6 Å². The van der Waals surface area contributed by atoms with Gasteiger partial charge in [0, 0.05) is 25.4 Å². The molecule has 0 bridgehead atoms. The highest BCUT2D eigenvalue weighted by Crippen LogP contribution is 2.21. The van der Waals surface area contributed by atoms with Crippen molar-refractivity contribution in [2.24, 2.45) is 7.05 Å². The number of hydrogen-bond acceptors (Lipinski definition) is 3. The zero-order valence-electron chi connectivity index (χ0n) is 11.8. The van der Waals surface area contributed by atoms with Gasteiger partial charge in [-0.1, -0.05) is 0 Å². The van der Waals surface area contributed by atoms with Crippen molar-refractivity contribution in [1.29, 1.82) is 0 Å². The second kappa shape index (κ2) is 5.44. The van der Waals surface area contributed by atoms with Crippen LogP contribution in [0, 0.1) is 12.7 Å². The Hall–Kier alpha value is -1.95. The molecule has 0 saturated heterocycles. The summed E-state index contributed by atoms with van der Waals surface area (Å²) in [6.07, 6.45) is 2.27. The van der Waals surface area contributed by atoms with Gasteiger partial charge in [0.25, 0.3) is 0 Å². The topological polar surface area (TPSA) is 48.5 Å². The van der Waals surface area contributed by atoms with Crippen LogP contribution in [0.25, 0.3) is 11.0 Å². The maximum absolute atomic E-state index is 13.7. The minimum Gasteiger partial charge on any atom is -0.320 e. The fourth-order valence-electron chi connectivity index (χ4n) is 2.35. The molecule has 3 rings (SSSR count). The number of halogens is 2. The monoisotopic (exact) mass is 307 g/mol. The summed E-state index contributed by atoms with van der Waals surface area (Å²) >= 11 is 5.84. The van der Waals surface area contributed by atoms with Crippen LogP contribution in [0.1, 0.15) is 17.2 Å². The molecule has 0 aliphatic carbocycles. The first kappa shape index (κ1) is 14.0. The first-order valence-corrected chi connectivity index (χ1v) is 7.17. The second-order valence-electron chi connectivity index (χ2n) is 4.98. The molecule has 21 heavy (non-hydrogen) atoms. The molecule has 0 aliphatic heterocycles. The SMILES string of the molecule is Cc1cc2c(cc1F)nc(CCCl)n2Cc1ncn(C)n1. The third-order valence-electron chi connectivity index (χ3n) is 3.37. The fraction of sp³-hybridized carbons (Fsp3) is 0.357. The molecule has 7 heteroatoms. The average Bonchev–Trinajstić information content (AvgIpc) is 2.97. The Labute approximate surface area is 126 Å². The lowest BCUT2D eigenvalue weighted by atomic mass is 10.2. The number of benzene rings is 1. The van der Waals surface area contributed by atoms with E-state index in [4.69, 9.17) is 11.6 Å². The first-order chi connectivity index (χ1) is 10.1. The van der Waals surface area contributed by atoms with E-state index >= 15 is 0 Å². The second-order valence-corrected chi connectivity index (χ2v) is 5.36. The summed E-state index contributed by atoms with van der Waals surface area (Å²) in [5.74, 6) is 1.72. The van der Waals surface area contributed by atoms with Crippen LogP contribution >= 0.6 is 11.6 Å². The molecule has 0 atom stereocenters. The lowest BCUT2D eigenvalue weighted by Crippen LogP contribution is -2.08. The van der Waals surface area contributed by atoms with Gasteiger partial charge < -0.3 is 4.57 Å². The van der Waals surface area contributed by atoms with Gasteiger partial charge in [-0.15, -0.1) is 11.6 Å². The summed E-state index contributed by atoms with van der Waals surface area (Å²) in [7, 11) is 1.82. The Morgan fingerprint density at radius 1 is 1.33 bits per heavy atom. The normalized spacial score (nSPS) is 11.4. The van der Waals surface area contributed by atoms with E-state index in [-0.39, 0.29) is 5.82 Å². The Balaban J connectivity index is 2.12. The van der Waals surface area contributed by atoms with Crippen LogP contribution in [-0.2, 0) is 20.0 Å². The zero-order valence-corrected chi connectivity index (χ0v) is 12.6. The molecule has 1 aromatic carbocycles. The number of aromatic nitrogens is 5. The van der Waals surface area contributed by atoms with Gasteiger partial charge in [-0.25, -0.2) is 14.4 Å². The summed E-state index contributed by atoms with van der Waals surface area (Å²) in [6.45, 7) is 2.24. The highest BCUT2D eigenvalue weighted by Gasteiger charge is 2.14. The number of aryl methyl sites for hydroxylation is 3. The molecule has 110 valence electrons. The van der Waals surface area contributed by atoms with E-state index in [2.05, 4.69) is 15.1 Å². The Bertz CT molecular complexity index is 792. The quantitative estimate of drug-likeness (QED) is 0.696. The van der Waals surface area contributed by atoms with Crippen LogP contribution in [0.4, 0.5) is 4.39 Å². The van der Waals surface area contributed by atoms with Crippen molar-refractivity contribution < 1.29 is 4.39 Å². The highest BCUT2D eigenvalue weighted by atomic mass is 35.5. The average molecular weight is 308 g/mol. The number of rotatable bonds is 4. The van der Waals surface area contributed by atoms with Crippen LogP contribution in [0.3, 0.4) is 0 Å². The smallest absolute Gasteiger partial charge is 0.170 e. The van der Waals surface area contributed by atoms with Crippen molar-refractivity contribution in [2.75, 3.05) is 5.88 Å². The maximum atomic E-state index is 13.7. The standard InChI is InChI=1S/C14H15ClFN5/c1-9-5-12-11(6-10(9)16)18-14(3-4-15)21(12)7-13-17-8-20(2)19-13/h5-6,8H,3-4,7H2,1-2H3. The predicted octanol–water partition coefficient (Wildman–Crippen LogP) is 2.44. The van der Waals surface area contributed by atoms with Gasteiger partial charge in [0.1, 0.15) is 18.0 Å². The van der Waals surface area contributed by atoms with Crippen LogP contribution in [0.2, 0.25) is 0 Å². The maximum Gasteiger partial charge on any atom is 0.170 e. The molecule has 0 unspecified atom stereocenters. The van der Waals surface area contributed by atoms with Crippen molar-refractivity contribution >= 4 is 22.6 Å². The van der Waals surface area contributed by atoms with Gasteiger partial charge in [-0.05, 0) is 18.6 Å². The van der Waals surface area contributed by atoms with E-state index in [0.717, 1.165) is 11.3 Å². The first-order valence-electron chi connectivity index (χ1n) is 6.64. The summed E-state index contributed by atoms with van der Waals surface area (Å²) in [4.78, 5) is 8.72. The van der Waals surface area contributed by atoms with Crippen molar-refractivity contribution in [3.05, 3.63) is 41.5 Å². The summed E-state index contributed by atoms with van der Waals surface area (Å²) in [6, 6.07) is 3.27. The number of hydrogen-bond donors (Lipinski definition) is 0. The minimum atomic E-state index is -0.250. The molecule has 5 nitrogen and oxygen atoms in total. The third kappa shape index (κ3) is 2.63. The van der Waals surface area contributed by atoms with Crippen molar-refractivity contribution in [3.63, 3.8) is 0 Å². The van der Waals surface area contributed by atoms with E-state index in [0.29, 0.717) is 35.8 Å². The summed E-state index contributed by atoms with van der Waals surface area (Å²) in [5.41, 5.74) is 2.10. The van der Waals surface area contributed by atoms with Gasteiger partial charge in [-0.3, -0.25) is 4.68 Å². The molecule has 2 heterocycles. The van der Waals surface area contributed by atoms with Gasteiger partial charge in [-0.2, -0.15) is 5.10 Å². The van der Waals surface area contributed by atoms with Crippen LogP contribution < -0.4 is 0 Å². The third-order valence-corrected chi connectivity index (χ3v) is 3.56. The largest absolute Gasteiger partial charge is 0.320 e. The number of fused-ring (bicyclic) bond motifs is 1. The van der Waals surface area contributed by atoms with E-state index in [1.165, 1.54) is 6.07 Å². The lowest BCUT2D eigenvalue weighted by molar-refractivity contribution is 0.620. The molecule has 3 aromatic rings. The Morgan fingerprint density at radius 2 is 2.14 bits per heavy atom. The predicted molar refractivity (Wildman–Crippen MR) is 79.0 cm³/mol. The molecule has 0 radical (unpaired) electrons. The highest BCUT2D eigenvalue weighted by molar-refractivity contribution is 6.17. The number of alkyl halides is 1.